The van der Waals surface area contributed by atoms with Gasteiger partial charge < -0.3 is 4.90 Å². The van der Waals surface area contributed by atoms with E-state index in [2.05, 4.69) is 38.2 Å². The second kappa shape index (κ2) is 3.08. The highest BCUT2D eigenvalue weighted by Crippen LogP contribution is 2.44. The lowest BCUT2D eigenvalue weighted by molar-refractivity contribution is -0.838. The normalized spacial score (nSPS) is 38.5. The predicted molar refractivity (Wildman–Crippen MR) is 62.6 cm³/mol. The van der Waals surface area contributed by atoms with Crippen molar-refractivity contribution in [2.24, 2.45) is 0 Å². The van der Waals surface area contributed by atoms with E-state index in [0.717, 1.165) is 6.04 Å². The molecule has 1 aliphatic heterocycles. The molecule has 1 fully saturated rings. The lowest BCUT2D eigenvalue weighted by Gasteiger charge is -2.35. The van der Waals surface area contributed by atoms with Crippen LogP contribution in [-0.4, -0.2) is 13.1 Å². The van der Waals surface area contributed by atoms with Gasteiger partial charge in [0, 0.05) is 12.0 Å². The molecule has 0 saturated heterocycles. The average molecular weight is 202 g/mol. The van der Waals surface area contributed by atoms with Crippen LogP contribution in [0.1, 0.15) is 38.2 Å². The van der Waals surface area contributed by atoms with Gasteiger partial charge in [0.2, 0.25) is 0 Å². The van der Waals surface area contributed by atoms with Gasteiger partial charge in [-0.15, -0.1) is 0 Å². The van der Waals surface area contributed by atoms with E-state index in [0.29, 0.717) is 5.41 Å². The van der Waals surface area contributed by atoms with Gasteiger partial charge in [-0.05, 0) is 25.8 Å². The third-order valence-electron chi connectivity index (χ3n) is 4.70. The SMILES string of the molecule is C[NH+]1c2ccccc2[C@]2(C)CCCCC12. The summed E-state index contributed by atoms with van der Waals surface area (Å²) >= 11 is 0. The van der Waals surface area contributed by atoms with Gasteiger partial charge in [0.15, 0.2) is 0 Å². The molecule has 2 aliphatic rings. The van der Waals surface area contributed by atoms with Crippen molar-refractivity contribution >= 4 is 5.69 Å². The molecule has 1 N–H and O–H groups in total. The summed E-state index contributed by atoms with van der Waals surface area (Å²) in [4.78, 5) is 1.65. The molecule has 1 heteroatoms. The monoisotopic (exact) mass is 202 g/mol. The van der Waals surface area contributed by atoms with Crippen molar-refractivity contribution in [3.8, 4) is 0 Å². The molecule has 1 aromatic rings. The van der Waals surface area contributed by atoms with Crippen LogP contribution in [0, 0.1) is 0 Å². The van der Waals surface area contributed by atoms with Gasteiger partial charge >= 0.3 is 0 Å². The highest BCUT2D eigenvalue weighted by Gasteiger charge is 2.51. The Balaban J connectivity index is 2.15. The maximum atomic E-state index is 2.48. The van der Waals surface area contributed by atoms with Crippen LogP contribution in [-0.2, 0) is 5.41 Å². The van der Waals surface area contributed by atoms with Crippen molar-refractivity contribution in [1.29, 1.82) is 0 Å². The van der Waals surface area contributed by atoms with Crippen molar-refractivity contribution in [3.05, 3.63) is 29.8 Å². The third-order valence-corrected chi connectivity index (χ3v) is 4.70. The number of hydrogen-bond donors (Lipinski definition) is 1. The molecule has 1 heterocycles. The van der Waals surface area contributed by atoms with Crippen LogP contribution < -0.4 is 4.90 Å². The zero-order chi connectivity index (χ0) is 10.5. The Morgan fingerprint density at radius 2 is 2.07 bits per heavy atom. The first kappa shape index (κ1) is 9.41. The lowest BCUT2D eigenvalue weighted by Crippen LogP contribution is -3.08. The number of quaternary nitrogens is 1. The molecule has 1 saturated carbocycles. The molecular formula is C14H20N+. The topological polar surface area (TPSA) is 4.44 Å². The van der Waals surface area contributed by atoms with Crippen LogP contribution in [0.5, 0.6) is 0 Å². The van der Waals surface area contributed by atoms with E-state index >= 15 is 0 Å². The van der Waals surface area contributed by atoms with Gasteiger partial charge in [-0.3, -0.25) is 0 Å². The predicted octanol–water partition coefficient (Wildman–Crippen LogP) is 2.05. The molecule has 2 unspecified atom stereocenters. The van der Waals surface area contributed by atoms with E-state index in [1.54, 1.807) is 16.2 Å². The first-order chi connectivity index (χ1) is 7.23. The highest BCUT2D eigenvalue weighted by atomic mass is 15.2. The number of hydrogen-bond acceptors (Lipinski definition) is 0. The fourth-order valence-corrected chi connectivity index (χ4v) is 3.86. The molecule has 80 valence electrons. The first-order valence-corrected chi connectivity index (χ1v) is 6.17. The molecule has 15 heavy (non-hydrogen) atoms. The third kappa shape index (κ3) is 1.13. The minimum absolute atomic E-state index is 0.457. The van der Waals surface area contributed by atoms with Crippen LogP contribution >= 0.6 is 0 Å². The van der Waals surface area contributed by atoms with Crippen LogP contribution in [0.25, 0.3) is 0 Å². The van der Waals surface area contributed by atoms with Crippen molar-refractivity contribution in [3.63, 3.8) is 0 Å². The molecule has 3 atom stereocenters. The fourth-order valence-electron chi connectivity index (χ4n) is 3.86. The number of rotatable bonds is 0. The van der Waals surface area contributed by atoms with Gasteiger partial charge in [0.1, 0.15) is 11.7 Å². The fraction of sp³-hybridized carbons (Fsp3) is 0.571. The Hall–Kier alpha value is -0.820. The maximum Gasteiger partial charge on any atom is 0.135 e. The number of nitrogens with one attached hydrogen (secondary N) is 1. The summed E-state index contributed by atoms with van der Waals surface area (Å²) in [5, 5.41) is 0. The Bertz CT molecular complexity index is 385. The van der Waals surface area contributed by atoms with Crippen molar-refractivity contribution < 1.29 is 4.90 Å². The second-order valence-corrected chi connectivity index (χ2v) is 5.44. The minimum atomic E-state index is 0.457. The number of likely N-dealkylation sites (N-methyl/N-ethyl adjacent to an activating group) is 1. The van der Waals surface area contributed by atoms with Gasteiger partial charge in [-0.2, -0.15) is 0 Å². The zero-order valence-electron chi connectivity index (χ0n) is 9.72. The van der Waals surface area contributed by atoms with Gasteiger partial charge in [-0.25, -0.2) is 0 Å². The summed E-state index contributed by atoms with van der Waals surface area (Å²) in [6, 6.07) is 9.87. The summed E-state index contributed by atoms with van der Waals surface area (Å²) in [6.45, 7) is 2.48. The molecule has 0 aromatic heterocycles. The lowest BCUT2D eigenvalue weighted by atomic mass is 9.69. The first-order valence-electron chi connectivity index (χ1n) is 6.17. The molecule has 3 rings (SSSR count). The van der Waals surface area contributed by atoms with Crippen molar-refractivity contribution in [2.75, 3.05) is 7.05 Å². The summed E-state index contributed by atoms with van der Waals surface area (Å²) in [6.07, 6.45) is 5.61. The van der Waals surface area contributed by atoms with E-state index in [1.165, 1.54) is 25.7 Å². The van der Waals surface area contributed by atoms with E-state index < -0.39 is 0 Å². The van der Waals surface area contributed by atoms with Crippen LogP contribution in [0.2, 0.25) is 0 Å². The zero-order valence-corrected chi connectivity index (χ0v) is 9.72. The quantitative estimate of drug-likeness (QED) is 0.657. The molecule has 0 spiro atoms. The summed E-state index contributed by atoms with van der Waals surface area (Å²) in [5.41, 5.74) is 3.62. The van der Waals surface area contributed by atoms with Crippen molar-refractivity contribution in [2.45, 2.75) is 44.1 Å². The van der Waals surface area contributed by atoms with Gasteiger partial charge in [0.25, 0.3) is 0 Å². The Morgan fingerprint density at radius 1 is 1.27 bits per heavy atom. The second-order valence-electron chi connectivity index (χ2n) is 5.44. The number of fused-ring (bicyclic) bond motifs is 3. The van der Waals surface area contributed by atoms with E-state index in [9.17, 15) is 0 Å². The minimum Gasteiger partial charge on any atom is -0.302 e. The molecule has 0 bridgehead atoms. The highest BCUT2D eigenvalue weighted by molar-refractivity contribution is 5.48. The van der Waals surface area contributed by atoms with Gasteiger partial charge in [0.05, 0.1) is 12.5 Å². The van der Waals surface area contributed by atoms with E-state index in [1.807, 2.05) is 0 Å². The molecule has 0 radical (unpaired) electrons. The standard InChI is InChI=1S/C14H19N/c1-14-10-6-5-9-13(14)15(2)12-8-4-3-7-11(12)14/h3-4,7-8,13H,5-6,9-10H2,1-2H3/p+1/t13?,14-/m0/s1. The van der Waals surface area contributed by atoms with Gasteiger partial charge in [-0.1, -0.05) is 24.6 Å². The molecule has 1 aliphatic carbocycles. The van der Waals surface area contributed by atoms with Crippen molar-refractivity contribution in [1.82, 2.24) is 0 Å². The molecule has 1 nitrogen and oxygen atoms in total. The van der Waals surface area contributed by atoms with Crippen LogP contribution in [0.4, 0.5) is 5.69 Å². The summed E-state index contributed by atoms with van der Waals surface area (Å²) < 4.78 is 0. The van der Waals surface area contributed by atoms with Crippen LogP contribution in [0.15, 0.2) is 24.3 Å². The average Bonchev–Trinajstić information content (AvgIpc) is 2.50. The number of benzene rings is 1. The smallest absolute Gasteiger partial charge is 0.135 e. The molecule has 1 aromatic carbocycles. The largest absolute Gasteiger partial charge is 0.302 e. The number of para-hydroxylation sites is 1. The Morgan fingerprint density at radius 3 is 2.93 bits per heavy atom. The van der Waals surface area contributed by atoms with E-state index in [4.69, 9.17) is 0 Å². The summed E-state index contributed by atoms with van der Waals surface area (Å²) in [5.74, 6) is 0. The maximum absolute atomic E-state index is 2.48. The van der Waals surface area contributed by atoms with Crippen LogP contribution in [0.3, 0.4) is 0 Å². The molecular weight excluding hydrogens is 182 g/mol. The molecule has 0 amide bonds. The van der Waals surface area contributed by atoms with E-state index in [-0.39, 0.29) is 0 Å². The Labute approximate surface area is 92.1 Å². The Kier molecular flexibility index (Phi) is 1.93. The summed E-state index contributed by atoms with van der Waals surface area (Å²) in [7, 11) is 2.35.